The van der Waals surface area contributed by atoms with E-state index in [4.69, 9.17) is 0 Å². The van der Waals surface area contributed by atoms with Crippen molar-refractivity contribution in [2.75, 3.05) is 42.9 Å². The van der Waals surface area contributed by atoms with Gasteiger partial charge in [-0.25, -0.2) is 4.39 Å². The van der Waals surface area contributed by atoms with E-state index >= 15 is 0 Å². The minimum absolute atomic E-state index is 0.0955. The lowest BCUT2D eigenvalue weighted by atomic mass is 10.1. The summed E-state index contributed by atoms with van der Waals surface area (Å²) in [5.74, 6) is -0.466. The molecule has 4 rings (SSSR count). The largest absolute Gasteiger partial charge is 0.360 e. The number of carbonyl (C=O) groups excluding carboxylic acids is 2. The van der Waals surface area contributed by atoms with E-state index in [9.17, 15) is 14.0 Å². The van der Waals surface area contributed by atoms with Gasteiger partial charge in [-0.1, -0.05) is 12.1 Å². The molecule has 2 fully saturated rings. The topological polar surface area (TPSA) is 65.9 Å². The number of anilines is 2. The minimum atomic E-state index is -0.235. The van der Waals surface area contributed by atoms with Crippen LogP contribution in [0.2, 0.25) is 0 Å². The molecule has 0 unspecified atom stereocenters. The minimum Gasteiger partial charge on any atom is -0.360 e. The molecule has 0 aromatic heterocycles. The first-order valence-electron chi connectivity index (χ1n) is 10.1. The van der Waals surface area contributed by atoms with Gasteiger partial charge in [0.15, 0.2) is 6.54 Å². The predicted molar refractivity (Wildman–Crippen MR) is 110 cm³/mol. The Morgan fingerprint density at radius 1 is 1.03 bits per heavy atom. The van der Waals surface area contributed by atoms with Crippen LogP contribution in [0, 0.1) is 5.82 Å². The monoisotopic (exact) mass is 397 g/mol. The number of nitrogens with one attached hydrogen (secondary N) is 3. The third kappa shape index (κ3) is 5.12. The molecule has 2 aromatic rings. The molecule has 152 valence electrons. The smallest absolute Gasteiger partial charge is 0.279 e. The molecule has 6 nitrogen and oxygen atoms in total. The highest BCUT2D eigenvalue weighted by Crippen LogP contribution is 2.21. The van der Waals surface area contributed by atoms with E-state index in [-0.39, 0.29) is 23.7 Å². The summed E-state index contributed by atoms with van der Waals surface area (Å²) in [5.41, 5.74) is 2.06. The Bertz CT molecular complexity index is 875. The molecule has 1 aliphatic carbocycles. The number of carbonyl (C=O) groups is 2. The molecule has 2 aromatic carbocycles. The summed E-state index contributed by atoms with van der Waals surface area (Å²) in [6, 6.07) is 13.9. The summed E-state index contributed by atoms with van der Waals surface area (Å²) in [6.07, 6.45) is 2.04. The normalized spacial score (nSPS) is 17.1. The van der Waals surface area contributed by atoms with Crippen LogP contribution >= 0.6 is 0 Å². The zero-order chi connectivity index (χ0) is 20.2. The number of hydrogen-bond acceptors (Lipinski definition) is 3. The number of halogens is 1. The Morgan fingerprint density at radius 3 is 2.41 bits per heavy atom. The first-order valence-corrected chi connectivity index (χ1v) is 10.1. The van der Waals surface area contributed by atoms with Crippen molar-refractivity contribution in [2.45, 2.75) is 18.9 Å². The average molecular weight is 397 g/mol. The molecule has 2 amide bonds. The molecule has 0 spiro atoms. The van der Waals surface area contributed by atoms with Crippen LogP contribution in [0.4, 0.5) is 15.8 Å². The van der Waals surface area contributed by atoms with Crippen molar-refractivity contribution in [3.8, 4) is 0 Å². The number of piperazine rings is 1. The van der Waals surface area contributed by atoms with Gasteiger partial charge in [0.25, 0.3) is 11.8 Å². The lowest BCUT2D eigenvalue weighted by molar-refractivity contribution is -0.892. The van der Waals surface area contributed by atoms with Gasteiger partial charge in [-0.2, -0.15) is 0 Å². The molecule has 1 aliphatic heterocycles. The van der Waals surface area contributed by atoms with E-state index in [1.54, 1.807) is 30.3 Å². The van der Waals surface area contributed by atoms with Crippen LogP contribution in [0.3, 0.4) is 0 Å². The van der Waals surface area contributed by atoms with E-state index in [1.807, 2.05) is 6.07 Å². The van der Waals surface area contributed by atoms with Crippen molar-refractivity contribution < 1.29 is 18.9 Å². The summed E-state index contributed by atoms with van der Waals surface area (Å²) in [5, 5.41) is 5.87. The number of rotatable bonds is 6. The number of para-hydroxylation sites is 1. The number of nitrogens with zero attached hydrogens (tertiary/aromatic N) is 1. The molecule has 1 heterocycles. The van der Waals surface area contributed by atoms with Crippen molar-refractivity contribution in [1.29, 1.82) is 0 Å². The first kappa shape index (κ1) is 19.4. The lowest BCUT2D eigenvalue weighted by Gasteiger charge is -2.33. The van der Waals surface area contributed by atoms with Gasteiger partial charge in [0.1, 0.15) is 5.82 Å². The number of quaternary nitrogens is 1. The van der Waals surface area contributed by atoms with Gasteiger partial charge in [-0.3, -0.25) is 9.59 Å². The van der Waals surface area contributed by atoms with Crippen molar-refractivity contribution in [3.63, 3.8) is 0 Å². The van der Waals surface area contributed by atoms with Gasteiger partial charge < -0.3 is 20.4 Å². The van der Waals surface area contributed by atoms with Crippen LogP contribution in [-0.4, -0.2) is 50.6 Å². The predicted octanol–water partition coefficient (Wildman–Crippen LogP) is 1.06. The van der Waals surface area contributed by atoms with E-state index in [2.05, 4.69) is 15.5 Å². The van der Waals surface area contributed by atoms with E-state index in [1.165, 1.54) is 17.0 Å². The molecule has 1 saturated carbocycles. The number of benzene rings is 2. The van der Waals surface area contributed by atoms with Gasteiger partial charge in [-0.05, 0) is 49.2 Å². The van der Waals surface area contributed by atoms with Crippen molar-refractivity contribution in [3.05, 3.63) is 59.9 Å². The highest BCUT2D eigenvalue weighted by atomic mass is 19.1. The first-order chi connectivity index (χ1) is 14.1. The summed E-state index contributed by atoms with van der Waals surface area (Å²) in [4.78, 5) is 28.3. The molecule has 29 heavy (non-hydrogen) atoms. The number of hydrogen-bond donors (Lipinski definition) is 3. The van der Waals surface area contributed by atoms with E-state index in [0.29, 0.717) is 17.8 Å². The number of amides is 2. The van der Waals surface area contributed by atoms with Crippen LogP contribution in [0.1, 0.15) is 23.2 Å². The Labute approximate surface area is 169 Å². The van der Waals surface area contributed by atoms with Crippen LogP contribution in [0.5, 0.6) is 0 Å². The van der Waals surface area contributed by atoms with Gasteiger partial charge in [0, 0.05) is 11.7 Å². The molecular formula is C22H26FN4O2+. The van der Waals surface area contributed by atoms with Crippen molar-refractivity contribution in [2.24, 2.45) is 0 Å². The summed E-state index contributed by atoms with van der Waals surface area (Å²) >= 11 is 0. The Kier molecular flexibility index (Phi) is 5.76. The lowest BCUT2D eigenvalue weighted by Crippen LogP contribution is -3.15. The maximum Gasteiger partial charge on any atom is 0.279 e. The molecule has 3 N–H and O–H groups in total. The van der Waals surface area contributed by atoms with Crippen LogP contribution in [0.15, 0.2) is 48.5 Å². The quantitative estimate of drug-likeness (QED) is 0.683. The molecule has 2 aliphatic rings. The van der Waals surface area contributed by atoms with Crippen LogP contribution in [0.25, 0.3) is 0 Å². The van der Waals surface area contributed by atoms with Gasteiger partial charge in [0.05, 0.1) is 37.4 Å². The maximum atomic E-state index is 13.1. The Hall–Kier alpha value is -2.93. The second-order valence-electron chi connectivity index (χ2n) is 7.73. The van der Waals surface area contributed by atoms with Gasteiger partial charge >= 0.3 is 0 Å². The SMILES string of the molecule is O=C(C[NH+]1CCN(c2ccc(F)cc2)CC1)Nc1ccccc1C(=O)NC1CC1. The molecule has 0 radical (unpaired) electrons. The highest BCUT2D eigenvalue weighted by Gasteiger charge is 2.26. The highest BCUT2D eigenvalue weighted by molar-refractivity contribution is 6.04. The second kappa shape index (κ2) is 8.61. The fraction of sp³-hybridized carbons (Fsp3) is 0.364. The maximum absolute atomic E-state index is 13.1. The van der Waals surface area contributed by atoms with Crippen LogP contribution < -0.4 is 20.4 Å². The van der Waals surface area contributed by atoms with Crippen LogP contribution in [-0.2, 0) is 4.79 Å². The average Bonchev–Trinajstić information content (AvgIpc) is 3.53. The van der Waals surface area contributed by atoms with Crippen molar-refractivity contribution in [1.82, 2.24) is 5.32 Å². The Morgan fingerprint density at radius 2 is 1.72 bits per heavy atom. The van der Waals surface area contributed by atoms with E-state index < -0.39 is 0 Å². The third-order valence-corrected chi connectivity index (χ3v) is 5.43. The second-order valence-corrected chi connectivity index (χ2v) is 7.73. The Balaban J connectivity index is 1.29. The standard InChI is InChI=1S/C22H25FN4O2/c23-16-5-9-18(10-6-16)27-13-11-26(12-14-27)15-21(28)25-20-4-2-1-3-19(20)22(29)24-17-7-8-17/h1-6,9-10,17H,7-8,11-15H2,(H,24,29)(H,25,28)/p+1. The summed E-state index contributed by atoms with van der Waals surface area (Å²) < 4.78 is 13.1. The molecule has 1 saturated heterocycles. The summed E-state index contributed by atoms with van der Waals surface area (Å²) in [6.45, 7) is 3.64. The summed E-state index contributed by atoms with van der Waals surface area (Å²) in [7, 11) is 0. The zero-order valence-corrected chi connectivity index (χ0v) is 16.3. The van der Waals surface area contributed by atoms with E-state index in [0.717, 1.165) is 44.7 Å². The fourth-order valence-corrected chi connectivity index (χ4v) is 3.61. The van der Waals surface area contributed by atoms with Crippen molar-refractivity contribution >= 4 is 23.2 Å². The zero-order valence-electron chi connectivity index (χ0n) is 16.3. The third-order valence-electron chi connectivity index (χ3n) is 5.43. The molecular weight excluding hydrogens is 371 g/mol. The molecule has 7 heteroatoms. The molecule has 0 atom stereocenters. The van der Waals surface area contributed by atoms with Gasteiger partial charge in [0.2, 0.25) is 0 Å². The van der Waals surface area contributed by atoms with Gasteiger partial charge in [-0.15, -0.1) is 0 Å². The fourth-order valence-electron chi connectivity index (χ4n) is 3.61. The molecule has 0 bridgehead atoms.